The van der Waals surface area contributed by atoms with Gasteiger partial charge in [0.25, 0.3) is 0 Å². The van der Waals surface area contributed by atoms with Gasteiger partial charge in [-0.1, -0.05) is 5.16 Å². The van der Waals surface area contributed by atoms with Crippen molar-refractivity contribution in [2.45, 2.75) is 33.4 Å². The van der Waals surface area contributed by atoms with Gasteiger partial charge in [0.1, 0.15) is 5.01 Å². The number of nitrogens with zero attached hydrogens (tertiary/aromatic N) is 3. The predicted molar refractivity (Wildman–Crippen MR) is 65.9 cm³/mol. The molecular formula is C10H18N4OS. The molecule has 0 aliphatic heterocycles. The molecule has 5 nitrogen and oxygen atoms in total. The summed E-state index contributed by atoms with van der Waals surface area (Å²) in [6.07, 6.45) is 0. The summed E-state index contributed by atoms with van der Waals surface area (Å²) in [7, 11) is 1.93. The number of aryl methyl sites for hydroxylation is 2. The summed E-state index contributed by atoms with van der Waals surface area (Å²) < 4.78 is 0. The van der Waals surface area contributed by atoms with Gasteiger partial charge in [-0.25, -0.2) is 4.98 Å². The standard InChI is InChI=1S/C10H18N4OS/c1-6-8(3)16-9(12-6)5-14(4)7(2)10(11)13-15/h7,15H,5H2,1-4H3,(H2,11,13). The summed E-state index contributed by atoms with van der Waals surface area (Å²) >= 11 is 1.68. The van der Waals surface area contributed by atoms with Crippen LogP contribution in [0.5, 0.6) is 0 Å². The Balaban J connectivity index is 2.67. The second kappa shape index (κ2) is 5.27. The molecule has 0 amide bonds. The average molecular weight is 242 g/mol. The smallest absolute Gasteiger partial charge is 0.156 e. The summed E-state index contributed by atoms with van der Waals surface area (Å²) in [5.74, 6) is 0.215. The van der Waals surface area contributed by atoms with Gasteiger partial charge in [-0.15, -0.1) is 11.3 Å². The molecule has 1 aromatic heterocycles. The second-order valence-electron chi connectivity index (χ2n) is 3.87. The molecule has 0 spiro atoms. The lowest BCUT2D eigenvalue weighted by Crippen LogP contribution is -2.40. The third-order valence-corrected chi connectivity index (χ3v) is 3.72. The zero-order valence-electron chi connectivity index (χ0n) is 10.1. The Morgan fingerprint density at radius 1 is 1.62 bits per heavy atom. The fraction of sp³-hybridized carbons (Fsp3) is 0.600. The maximum atomic E-state index is 8.59. The van der Waals surface area contributed by atoms with Crippen LogP contribution in [-0.4, -0.2) is 34.0 Å². The van der Waals surface area contributed by atoms with E-state index in [1.54, 1.807) is 11.3 Å². The molecule has 0 saturated carbocycles. The minimum atomic E-state index is -0.102. The molecule has 1 rings (SSSR count). The van der Waals surface area contributed by atoms with Crippen molar-refractivity contribution >= 4 is 17.2 Å². The van der Waals surface area contributed by atoms with Crippen LogP contribution >= 0.6 is 11.3 Å². The third kappa shape index (κ3) is 2.93. The number of amidine groups is 1. The lowest BCUT2D eigenvalue weighted by atomic mass is 10.3. The largest absolute Gasteiger partial charge is 0.409 e. The Morgan fingerprint density at radius 2 is 2.25 bits per heavy atom. The molecule has 0 aliphatic rings. The van der Waals surface area contributed by atoms with Crippen LogP contribution in [0.1, 0.15) is 22.5 Å². The van der Waals surface area contributed by atoms with Gasteiger partial charge >= 0.3 is 0 Å². The number of rotatable bonds is 4. The molecule has 1 atom stereocenters. The minimum Gasteiger partial charge on any atom is -0.409 e. The van der Waals surface area contributed by atoms with E-state index in [0.29, 0.717) is 6.54 Å². The zero-order chi connectivity index (χ0) is 12.3. The van der Waals surface area contributed by atoms with Crippen LogP contribution in [0.2, 0.25) is 0 Å². The van der Waals surface area contributed by atoms with Crippen LogP contribution in [0.15, 0.2) is 5.16 Å². The Hall–Kier alpha value is -1.14. The normalized spacial score (nSPS) is 14.4. The maximum Gasteiger partial charge on any atom is 0.156 e. The van der Waals surface area contributed by atoms with Crippen LogP contribution in [0.25, 0.3) is 0 Å². The lowest BCUT2D eigenvalue weighted by molar-refractivity contribution is 0.279. The third-order valence-electron chi connectivity index (χ3n) is 2.66. The Kier molecular flexibility index (Phi) is 4.26. The highest BCUT2D eigenvalue weighted by Gasteiger charge is 2.15. The Labute approximate surface area is 99.6 Å². The molecule has 16 heavy (non-hydrogen) atoms. The number of hydrogen-bond acceptors (Lipinski definition) is 5. The second-order valence-corrected chi connectivity index (χ2v) is 5.15. The van der Waals surface area contributed by atoms with Crippen molar-refractivity contribution in [2.24, 2.45) is 10.9 Å². The fourth-order valence-electron chi connectivity index (χ4n) is 1.27. The zero-order valence-corrected chi connectivity index (χ0v) is 10.9. The molecule has 90 valence electrons. The molecule has 0 aromatic carbocycles. The molecule has 0 bridgehead atoms. The van der Waals surface area contributed by atoms with Crippen LogP contribution in [0.3, 0.4) is 0 Å². The van der Waals surface area contributed by atoms with E-state index >= 15 is 0 Å². The van der Waals surface area contributed by atoms with Crippen molar-refractivity contribution in [3.05, 3.63) is 15.6 Å². The summed E-state index contributed by atoms with van der Waals surface area (Å²) in [4.78, 5) is 7.68. The minimum absolute atomic E-state index is 0.102. The molecule has 0 saturated heterocycles. The van der Waals surface area contributed by atoms with E-state index < -0.39 is 0 Å². The first-order chi connectivity index (χ1) is 7.45. The molecule has 0 fully saturated rings. The topological polar surface area (TPSA) is 74.7 Å². The van der Waals surface area contributed by atoms with Gasteiger partial charge in [-0.05, 0) is 27.8 Å². The van der Waals surface area contributed by atoms with Gasteiger partial charge in [0.15, 0.2) is 5.84 Å². The van der Waals surface area contributed by atoms with Gasteiger partial charge in [-0.2, -0.15) is 0 Å². The van der Waals surface area contributed by atoms with Gasteiger partial charge in [-0.3, -0.25) is 4.90 Å². The number of hydrogen-bond donors (Lipinski definition) is 2. The molecule has 1 aromatic rings. The monoisotopic (exact) mass is 242 g/mol. The van der Waals surface area contributed by atoms with Crippen LogP contribution < -0.4 is 5.73 Å². The summed E-state index contributed by atoms with van der Waals surface area (Å²) in [5.41, 5.74) is 6.62. The summed E-state index contributed by atoms with van der Waals surface area (Å²) in [5, 5.41) is 12.7. The quantitative estimate of drug-likeness (QED) is 0.361. The predicted octanol–water partition coefficient (Wildman–Crippen LogP) is 1.33. The first kappa shape index (κ1) is 12.9. The SMILES string of the molecule is Cc1nc(CN(C)C(C)C(N)=NO)sc1C. The van der Waals surface area contributed by atoms with Crippen molar-refractivity contribution in [3.63, 3.8) is 0 Å². The van der Waals surface area contributed by atoms with Crippen LogP contribution in [0.4, 0.5) is 0 Å². The Morgan fingerprint density at radius 3 is 2.69 bits per heavy atom. The van der Waals surface area contributed by atoms with E-state index in [9.17, 15) is 0 Å². The van der Waals surface area contributed by atoms with E-state index in [4.69, 9.17) is 10.9 Å². The first-order valence-electron chi connectivity index (χ1n) is 5.06. The van der Waals surface area contributed by atoms with Crippen LogP contribution in [0, 0.1) is 13.8 Å². The number of thiazole rings is 1. The van der Waals surface area contributed by atoms with Crippen molar-refractivity contribution < 1.29 is 5.21 Å². The van der Waals surface area contributed by atoms with E-state index in [1.165, 1.54) is 4.88 Å². The maximum absolute atomic E-state index is 8.59. The number of likely N-dealkylation sites (N-methyl/N-ethyl adjacent to an activating group) is 1. The van der Waals surface area contributed by atoms with Gasteiger partial charge in [0, 0.05) is 4.88 Å². The summed E-state index contributed by atoms with van der Waals surface area (Å²) in [6.45, 7) is 6.66. The number of nitrogens with two attached hydrogens (primary N) is 1. The summed E-state index contributed by atoms with van der Waals surface area (Å²) in [6, 6.07) is -0.102. The van der Waals surface area contributed by atoms with Crippen molar-refractivity contribution in [2.75, 3.05) is 7.05 Å². The van der Waals surface area contributed by atoms with Crippen molar-refractivity contribution in [1.29, 1.82) is 0 Å². The lowest BCUT2D eigenvalue weighted by Gasteiger charge is -2.22. The molecular weight excluding hydrogens is 224 g/mol. The molecule has 0 aliphatic carbocycles. The molecule has 1 unspecified atom stereocenters. The van der Waals surface area contributed by atoms with Crippen molar-refractivity contribution in [1.82, 2.24) is 9.88 Å². The van der Waals surface area contributed by atoms with E-state index in [0.717, 1.165) is 10.7 Å². The number of oxime groups is 1. The van der Waals surface area contributed by atoms with Crippen molar-refractivity contribution in [3.8, 4) is 0 Å². The molecule has 1 heterocycles. The molecule has 3 N–H and O–H groups in total. The molecule has 6 heteroatoms. The highest BCUT2D eigenvalue weighted by molar-refractivity contribution is 7.11. The van der Waals surface area contributed by atoms with E-state index in [-0.39, 0.29) is 11.9 Å². The average Bonchev–Trinajstić information content (AvgIpc) is 2.55. The Bertz CT molecular complexity index is 369. The van der Waals surface area contributed by atoms with Gasteiger partial charge in [0.2, 0.25) is 0 Å². The highest BCUT2D eigenvalue weighted by atomic mass is 32.1. The first-order valence-corrected chi connectivity index (χ1v) is 5.88. The van der Waals surface area contributed by atoms with Gasteiger partial charge in [0.05, 0.1) is 18.3 Å². The van der Waals surface area contributed by atoms with E-state index in [1.807, 2.05) is 25.8 Å². The number of aromatic nitrogens is 1. The van der Waals surface area contributed by atoms with Crippen LogP contribution in [-0.2, 0) is 6.54 Å². The van der Waals surface area contributed by atoms with E-state index in [2.05, 4.69) is 17.1 Å². The van der Waals surface area contributed by atoms with Gasteiger partial charge < -0.3 is 10.9 Å². The highest BCUT2D eigenvalue weighted by Crippen LogP contribution is 2.18. The molecule has 0 radical (unpaired) electrons. The fourth-order valence-corrected chi connectivity index (χ4v) is 2.26.